The van der Waals surface area contributed by atoms with E-state index in [1.54, 1.807) is 0 Å². The van der Waals surface area contributed by atoms with Crippen molar-refractivity contribution in [3.8, 4) is 0 Å². The van der Waals surface area contributed by atoms with Crippen molar-refractivity contribution in [1.29, 1.82) is 0 Å². The average Bonchev–Trinajstić information content (AvgIpc) is 2.77. The zero-order chi connectivity index (χ0) is 10.4. The second-order valence-corrected chi connectivity index (χ2v) is 4.13. The third-order valence-electron chi connectivity index (χ3n) is 2.76. The zero-order valence-corrected chi connectivity index (χ0v) is 8.86. The molecule has 0 bridgehead atoms. The lowest BCUT2D eigenvalue weighted by molar-refractivity contribution is 0.618. The molecule has 0 aliphatic carbocycles. The van der Waals surface area contributed by atoms with Crippen molar-refractivity contribution < 1.29 is 0 Å². The second-order valence-electron chi connectivity index (χ2n) is 4.13. The number of aromatic amines is 1. The summed E-state index contributed by atoms with van der Waals surface area (Å²) in [7, 11) is 0. The first-order chi connectivity index (χ1) is 7.25. The largest absolute Gasteiger partial charge is 0.346 e. The molecule has 0 fully saturated rings. The van der Waals surface area contributed by atoms with E-state index in [0.29, 0.717) is 6.04 Å². The molecule has 0 atom stereocenters. The molecule has 0 aromatic carbocycles. The Labute approximate surface area is 87.7 Å². The molecule has 0 saturated carbocycles. The fourth-order valence-electron chi connectivity index (χ4n) is 1.97. The first-order valence-electron chi connectivity index (χ1n) is 5.20. The number of hydrogen-bond acceptors (Lipinski definition) is 1. The van der Waals surface area contributed by atoms with Crippen LogP contribution >= 0.6 is 0 Å². The van der Waals surface area contributed by atoms with E-state index in [-0.39, 0.29) is 0 Å². The predicted octanol–water partition coefficient (Wildman–Crippen LogP) is 3.10. The van der Waals surface area contributed by atoms with E-state index < -0.39 is 0 Å². The minimum absolute atomic E-state index is 0.447. The highest BCUT2D eigenvalue weighted by atomic mass is 15.1. The minimum atomic E-state index is 0.447. The van der Waals surface area contributed by atoms with Crippen molar-refractivity contribution in [2.24, 2.45) is 0 Å². The molecular formula is C12H13N3. The van der Waals surface area contributed by atoms with Gasteiger partial charge in [-0.25, -0.2) is 4.98 Å². The summed E-state index contributed by atoms with van der Waals surface area (Å²) in [6.07, 6.45) is 4.03. The number of H-pyrrole nitrogens is 1. The number of nitrogens with one attached hydrogen (secondary N) is 1. The van der Waals surface area contributed by atoms with Crippen LogP contribution in [0.2, 0.25) is 0 Å². The molecule has 0 saturated heterocycles. The van der Waals surface area contributed by atoms with Crippen LogP contribution in [-0.4, -0.2) is 14.5 Å². The van der Waals surface area contributed by atoms with Gasteiger partial charge in [0.25, 0.3) is 0 Å². The molecule has 0 spiro atoms. The quantitative estimate of drug-likeness (QED) is 0.642. The van der Waals surface area contributed by atoms with E-state index in [1.807, 2.05) is 6.20 Å². The van der Waals surface area contributed by atoms with E-state index >= 15 is 0 Å². The van der Waals surface area contributed by atoms with Crippen LogP contribution in [0.15, 0.2) is 30.6 Å². The van der Waals surface area contributed by atoms with Gasteiger partial charge in [0, 0.05) is 29.2 Å². The lowest BCUT2D eigenvalue weighted by atomic mass is 10.3. The Morgan fingerprint density at radius 1 is 1.27 bits per heavy atom. The third-order valence-corrected chi connectivity index (χ3v) is 2.76. The fraction of sp³-hybridized carbons (Fsp3) is 0.250. The van der Waals surface area contributed by atoms with E-state index in [4.69, 9.17) is 0 Å². The summed E-state index contributed by atoms with van der Waals surface area (Å²) in [6.45, 7) is 4.33. The Morgan fingerprint density at radius 2 is 2.13 bits per heavy atom. The van der Waals surface area contributed by atoms with Gasteiger partial charge >= 0.3 is 0 Å². The molecule has 0 aliphatic heterocycles. The molecule has 3 heterocycles. The molecule has 15 heavy (non-hydrogen) atoms. The van der Waals surface area contributed by atoms with Gasteiger partial charge < -0.3 is 9.55 Å². The number of aromatic nitrogens is 3. The topological polar surface area (TPSA) is 33.6 Å². The van der Waals surface area contributed by atoms with Crippen LogP contribution in [0.25, 0.3) is 22.1 Å². The Balaban J connectivity index is 2.41. The molecule has 3 aromatic heterocycles. The lowest BCUT2D eigenvalue weighted by Crippen LogP contribution is -1.99. The minimum Gasteiger partial charge on any atom is -0.346 e. The number of rotatable bonds is 1. The van der Waals surface area contributed by atoms with Crippen LogP contribution in [0.5, 0.6) is 0 Å². The first-order valence-corrected chi connectivity index (χ1v) is 5.20. The smallest absolute Gasteiger partial charge is 0.142 e. The number of pyridine rings is 1. The molecule has 0 amide bonds. The number of hydrogen-bond donors (Lipinski definition) is 1. The number of fused-ring (bicyclic) bond motifs is 2. The van der Waals surface area contributed by atoms with Crippen LogP contribution in [-0.2, 0) is 0 Å². The van der Waals surface area contributed by atoms with E-state index in [0.717, 1.165) is 11.3 Å². The molecule has 3 rings (SSSR count). The summed E-state index contributed by atoms with van der Waals surface area (Å²) >= 11 is 0. The monoisotopic (exact) mass is 199 g/mol. The fourth-order valence-corrected chi connectivity index (χ4v) is 1.97. The third kappa shape index (κ3) is 1.16. The molecular weight excluding hydrogens is 186 g/mol. The lowest BCUT2D eigenvalue weighted by Gasteiger charge is -2.07. The summed E-state index contributed by atoms with van der Waals surface area (Å²) in [5, 5.41) is 2.37. The summed E-state index contributed by atoms with van der Waals surface area (Å²) in [5.41, 5.74) is 2.02. The molecule has 0 radical (unpaired) electrons. The highest BCUT2D eigenvalue weighted by Gasteiger charge is 2.07. The summed E-state index contributed by atoms with van der Waals surface area (Å²) in [5.74, 6) is 0. The molecule has 3 aromatic rings. The zero-order valence-electron chi connectivity index (χ0n) is 8.86. The summed E-state index contributed by atoms with van der Waals surface area (Å²) in [6, 6.07) is 6.79. The van der Waals surface area contributed by atoms with Crippen molar-refractivity contribution in [3.05, 3.63) is 30.6 Å². The van der Waals surface area contributed by atoms with Gasteiger partial charge in [0.2, 0.25) is 0 Å². The van der Waals surface area contributed by atoms with Gasteiger partial charge in [-0.1, -0.05) is 0 Å². The maximum Gasteiger partial charge on any atom is 0.142 e. The highest BCUT2D eigenvalue weighted by molar-refractivity contribution is 5.90. The molecule has 1 N–H and O–H groups in total. The van der Waals surface area contributed by atoms with Crippen LogP contribution < -0.4 is 0 Å². The highest BCUT2D eigenvalue weighted by Crippen LogP contribution is 2.22. The van der Waals surface area contributed by atoms with Gasteiger partial charge in [-0.3, -0.25) is 0 Å². The SMILES string of the molecule is CC(C)n1ccc2cc3cc[nH]c3nc21. The molecule has 0 unspecified atom stereocenters. The Kier molecular flexibility index (Phi) is 1.63. The summed E-state index contributed by atoms with van der Waals surface area (Å²) in [4.78, 5) is 7.77. The standard InChI is InChI=1S/C12H13N3/c1-8(2)15-6-4-10-7-9-3-5-13-11(9)14-12(10)15/h3-8H,1-2H3,(H,13,14). The van der Waals surface area contributed by atoms with Gasteiger partial charge in [-0.05, 0) is 32.0 Å². The van der Waals surface area contributed by atoms with Crippen LogP contribution in [0.3, 0.4) is 0 Å². The van der Waals surface area contributed by atoms with Crippen molar-refractivity contribution in [1.82, 2.24) is 14.5 Å². The first kappa shape index (κ1) is 8.53. The second kappa shape index (κ2) is 2.86. The molecule has 76 valence electrons. The summed E-state index contributed by atoms with van der Waals surface area (Å²) < 4.78 is 2.19. The maximum absolute atomic E-state index is 4.63. The molecule has 0 aliphatic rings. The Bertz CT molecular complexity index is 616. The molecule has 3 heteroatoms. The van der Waals surface area contributed by atoms with Crippen LogP contribution in [0.4, 0.5) is 0 Å². The van der Waals surface area contributed by atoms with Gasteiger partial charge in [0.1, 0.15) is 11.3 Å². The Hall–Kier alpha value is -1.77. The van der Waals surface area contributed by atoms with Crippen LogP contribution in [0.1, 0.15) is 19.9 Å². The molecule has 3 nitrogen and oxygen atoms in total. The Morgan fingerprint density at radius 3 is 2.93 bits per heavy atom. The van der Waals surface area contributed by atoms with E-state index in [2.05, 4.69) is 52.8 Å². The maximum atomic E-state index is 4.63. The van der Waals surface area contributed by atoms with Gasteiger partial charge in [-0.15, -0.1) is 0 Å². The van der Waals surface area contributed by atoms with Crippen molar-refractivity contribution in [2.75, 3.05) is 0 Å². The number of nitrogens with zero attached hydrogens (tertiary/aromatic N) is 2. The van der Waals surface area contributed by atoms with Gasteiger partial charge in [0.05, 0.1) is 0 Å². The van der Waals surface area contributed by atoms with Crippen molar-refractivity contribution in [3.63, 3.8) is 0 Å². The average molecular weight is 199 g/mol. The van der Waals surface area contributed by atoms with Crippen LogP contribution in [0, 0.1) is 0 Å². The van der Waals surface area contributed by atoms with E-state index in [1.165, 1.54) is 10.8 Å². The van der Waals surface area contributed by atoms with E-state index in [9.17, 15) is 0 Å². The normalized spacial score (nSPS) is 11.9. The van der Waals surface area contributed by atoms with Gasteiger partial charge in [-0.2, -0.15) is 0 Å². The van der Waals surface area contributed by atoms with Gasteiger partial charge in [0.15, 0.2) is 0 Å². The van der Waals surface area contributed by atoms with Crippen molar-refractivity contribution in [2.45, 2.75) is 19.9 Å². The predicted molar refractivity (Wildman–Crippen MR) is 62.0 cm³/mol. The van der Waals surface area contributed by atoms with Crippen molar-refractivity contribution >= 4 is 22.1 Å².